The van der Waals surface area contributed by atoms with Gasteiger partial charge in [-0.3, -0.25) is 9.59 Å². The zero-order chi connectivity index (χ0) is 17.3. The third kappa shape index (κ3) is 3.33. The van der Waals surface area contributed by atoms with Crippen LogP contribution in [0.4, 0.5) is 0 Å². The molecule has 0 bridgehead atoms. The smallest absolute Gasteiger partial charge is 0.230 e. The van der Waals surface area contributed by atoms with E-state index in [2.05, 4.69) is 4.90 Å². The molecule has 1 saturated carbocycles. The number of nitrogens with zero attached hydrogens (tertiary/aromatic N) is 2. The van der Waals surface area contributed by atoms with Crippen molar-refractivity contribution in [2.45, 2.75) is 51.4 Å². The molecule has 2 amide bonds. The number of carbonyl (C=O) groups excluding carboxylic acids is 2. The fraction of sp³-hybridized carbons (Fsp3) is 0.700. The van der Waals surface area contributed by atoms with Crippen LogP contribution in [0.1, 0.15) is 50.7 Å². The van der Waals surface area contributed by atoms with E-state index in [4.69, 9.17) is 4.42 Å². The number of hydrogen-bond donors (Lipinski definition) is 0. The molecule has 2 saturated heterocycles. The number of carbonyl (C=O) groups is 2. The van der Waals surface area contributed by atoms with E-state index in [9.17, 15) is 9.59 Å². The lowest BCUT2D eigenvalue weighted by Gasteiger charge is -2.42. The van der Waals surface area contributed by atoms with E-state index in [1.807, 2.05) is 17.0 Å². The van der Waals surface area contributed by atoms with Gasteiger partial charge in [0.25, 0.3) is 0 Å². The molecule has 1 spiro atoms. The number of furan rings is 1. The van der Waals surface area contributed by atoms with Gasteiger partial charge in [-0.05, 0) is 50.2 Å². The number of aryl methyl sites for hydroxylation is 1. The molecule has 0 unspecified atom stereocenters. The van der Waals surface area contributed by atoms with Gasteiger partial charge in [0.15, 0.2) is 0 Å². The number of piperidine rings is 1. The van der Waals surface area contributed by atoms with Gasteiger partial charge in [-0.15, -0.1) is 0 Å². The summed E-state index contributed by atoms with van der Waals surface area (Å²) < 4.78 is 5.31. The van der Waals surface area contributed by atoms with Crippen molar-refractivity contribution < 1.29 is 14.0 Å². The van der Waals surface area contributed by atoms with Crippen LogP contribution in [0, 0.1) is 11.3 Å². The molecular weight excluding hydrogens is 316 g/mol. The molecule has 0 aromatic carbocycles. The van der Waals surface area contributed by atoms with Gasteiger partial charge >= 0.3 is 0 Å². The van der Waals surface area contributed by atoms with Crippen molar-refractivity contribution in [2.75, 3.05) is 26.2 Å². The lowest BCUT2D eigenvalue weighted by Crippen LogP contribution is -2.52. The largest absolute Gasteiger partial charge is 0.469 e. The summed E-state index contributed by atoms with van der Waals surface area (Å²) in [6.07, 6.45) is 9.45. The molecule has 3 aliphatic rings. The van der Waals surface area contributed by atoms with Crippen molar-refractivity contribution in [3.63, 3.8) is 0 Å². The molecule has 3 fully saturated rings. The van der Waals surface area contributed by atoms with E-state index in [1.165, 1.54) is 19.3 Å². The minimum absolute atomic E-state index is 0.150. The van der Waals surface area contributed by atoms with Crippen LogP contribution in [0.3, 0.4) is 0 Å². The third-order valence-corrected chi connectivity index (χ3v) is 6.40. The molecule has 0 N–H and O–H groups in total. The van der Waals surface area contributed by atoms with Crippen molar-refractivity contribution in [3.8, 4) is 0 Å². The highest BCUT2D eigenvalue weighted by molar-refractivity contribution is 5.86. The normalized spacial score (nSPS) is 27.1. The van der Waals surface area contributed by atoms with Crippen molar-refractivity contribution >= 4 is 11.8 Å². The fourth-order valence-electron chi connectivity index (χ4n) is 4.62. The predicted octanol–water partition coefficient (Wildman–Crippen LogP) is 2.85. The maximum Gasteiger partial charge on any atom is 0.230 e. The zero-order valence-corrected chi connectivity index (χ0v) is 14.9. The summed E-state index contributed by atoms with van der Waals surface area (Å²) in [7, 11) is 0. The molecule has 5 heteroatoms. The van der Waals surface area contributed by atoms with Crippen LogP contribution in [0.5, 0.6) is 0 Å². The Labute approximate surface area is 149 Å². The van der Waals surface area contributed by atoms with Gasteiger partial charge in [-0.25, -0.2) is 0 Å². The highest BCUT2D eigenvalue weighted by Crippen LogP contribution is 2.41. The lowest BCUT2D eigenvalue weighted by atomic mass is 9.77. The van der Waals surface area contributed by atoms with Gasteiger partial charge in [0, 0.05) is 39.0 Å². The topological polar surface area (TPSA) is 53.8 Å². The summed E-state index contributed by atoms with van der Waals surface area (Å²) in [5.74, 6) is 2.03. The highest BCUT2D eigenvalue weighted by atomic mass is 16.3. The lowest BCUT2D eigenvalue weighted by molar-refractivity contribution is -0.147. The molecule has 5 nitrogen and oxygen atoms in total. The van der Waals surface area contributed by atoms with Crippen LogP contribution in [0.15, 0.2) is 22.8 Å². The van der Waals surface area contributed by atoms with Crippen molar-refractivity contribution in [2.24, 2.45) is 11.3 Å². The second kappa shape index (κ2) is 6.85. The molecular formula is C20H28N2O3. The molecule has 2 aliphatic heterocycles. The van der Waals surface area contributed by atoms with Gasteiger partial charge in [0.05, 0.1) is 11.7 Å². The Morgan fingerprint density at radius 1 is 1.24 bits per heavy atom. The highest BCUT2D eigenvalue weighted by Gasteiger charge is 2.49. The van der Waals surface area contributed by atoms with E-state index in [0.29, 0.717) is 31.2 Å². The minimum atomic E-state index is -0.303. The Morgan fingerprint density at radius 2 is 2.12 bits per heavy atom. The average molecular weight is 344 g/mol. The van der Waals surface area contributed by atoms with Crippen molar-refractivity contribution in [1.82, 2.24) is 9.80 Å². The quantitative estimate of drug-likeness (QED) is 0.825. The Balaban J connectivity index is 1.34. The van der Waals surface area contributed by atoms with Gasteiger partial charge in [-0.2, -0.15) is 0 Å². The van der Waals surface area contributed by atoms with Crippen LogP contribution < -0.4 is 0 Å². The molecule has 136 valence electrons. The first-order valence-corrected chi connectivity index (χ1v) is 9.76. The molecule has 1 aromatic heterocycles. The molecule has 4 rings (SSSR count). The van der Waals surface area contributed by atoms with Crippen LogP contribution in [-0.2, 0) is 16.0 Å². The van der Waals surface area contributed by atoms with E-state index < -0.39 is 0 Å². The second-order valence-electron chi connectivity index (χ2n) is 8.08. The summed E-state index contributed by atoms with van der Waals surface area (Å²) in [6, 6.07) is 3.75. The molecule has 0 radical (unpaired) electrons. The predicted molar refractivity (Wildman–Crippen MR) is 93.8 cm³/mol. The summed E-state index contributed by atoms with van der Waals surface area (Å²) in [5.41, 5.74) is -0.303. The van der Waals surface area contributed by atoms with E-state index in [1.54, 1.807) is 6.26 Å². The maximum absolute atomic E-state index is 13.1. The summed E-state index contributed by atoms with van der Waals surface area (Å²) in [6.45, 7) is 3.18. The van der Waals surface area contributed by atoms with Gasteiger partial charge < -0.3 is 14.2 Å². The first-order valence-electron chi connectivity index (χ1n) is 9.76. The van der Waals surface area contributed by atoms with Gasteiger partial charge in [-0.1, -0.05) is 6.42 Å². The Bertz CT molecular complexity index is 623. The molecule has 3 heterocycles. The molecule has 25 heavy (non-hydrogen) atoms. The van der Waals surface area contributed by atoms with E-state index >= 15 is 0 Å². The molecule has 1 aliphatic carbocycles. The first-order chi connectivity index (χ1) is 12.2. The molecule has 1 atom stereocenters. The SMILES string of the molecule is O=C(CCc1ccco1)N1CC[C@@]2(CCCN(CC3CCC3)C2=O)C1. The van der Waals surface area contributed by atoms with Crippen molar-refractivity contribution in [3.05, 3.63) is 24.2 Å². The van der Waals surface area contributed by atoms with E-state index in [0.717, 1.165) is 44.7 Å². The van der Waals surface area contributed by atoms with Crippen LogP contribution in [0.2, 0.25) is 0 Å². The maximum atomic E-state index is 13.1. The number of hydrogen-bond acceptors (Lipinski definition) is 3. The number of likely N-dealkylation sites (tertiary alicyclic amines) is 2. The summed E-state index contributed by atoms with van der Waals surface area (Å²) >= 11 is 0. The number of rotatable bonds is 5. The monoisotopic (exact) mass is 344 g/mol. The third-order valence-electron chi connectivity index (χ3n) is 6.40. The summed E-state index contributed by atoms with van der Waals surface area (Å²) in [5, 5.41) is 0. The Morgan fingerprint density at radius 3 is 2.84 bits per heavy atom. The minimum Gasteiger partial charge on any atom is -0.469 e. The average Bonchev–Trinajstić information content (AvgIpc) is 3.23. The molecule has 1 aromatic rings. The Kier molecular flexibility index (Phi) is 4.57. The fourth-order valence-corrected chi connectivity index (χ4v) is 4.62. The van der Waals surface area contributed by atoms with Gasteiger partial charge in [0.1, 0.15) is 5.76 Å². The Hall–Kier alpha value is -1.78. The first kappa shape index (κ1) is 16.7. The summed E-state index contributed by atoms with van der Waals surface area (Å²) in [4.78, 5) is 29.7. The zero-order valence-electron chi connectivity index (χ0n) is 14.9. The van der Waals surface area contributed by atoms with Crippen molar-refractivity contribution in [1.29, 1.82) is 0 Å². The van der Waals surface area contributed by atoms with Crippen LogP contribution in [0.25, 0.3) is 0 Å². The second-order valence-corrected chi connectivity index (χ2v) is 8.08. The van der Waals surface area contributed by atoms with Crippen LogP contribution in [-0.4, -0.2) is 47.8 Å². The standard InChI is InChI=1S/C20H28N2O3/c23-18(8-7-17-6-2-13-25-17)22-12-10-20(15-22)9-3-11-21(19(20)24)14-16-4-1-5-16/h2,6,13,16H,1,3-5,7-12,14-15H2/t20-/m0/s1. The van der Waals surface area contributed by atoms with Crippen LogP contribution >= 0.6 is 0 Å². The van der Waals surface area contributed by atoms with Gasteiger partial charge in [0.2, 0.25) is 11.8 Å². The number of amides is 2. The van der Waals surface area contributed by atoms with E-state index in [-0.39, 0.29) is 11.3 Å².